The molecule has 4 nitrogen and oxygen atoms in total. The molecule has 2 heterocycles. The van der Waals surface area contributed by atoms with Crippen molar-refractivity contribution in [1.82, 2.24) is 0 Å². The molecule has 0 amide bonds. The summed E-state index contributed by atoms with van der Waals surface area (Å²) in [7, 11) is 0. The number of hydrogen-bond donors (Lipinski definition) is 0. The Hall–Kier alpha value is -1.32. The number of esters is 2. The van der Waals surface area contributed by atoms with Crippen molar-refractivity contribution >= 4 is 11.9 Å². The van der Waals surface area contributed by atoms with Gasteiger partial charge in [-0.05, 0) is 0 Å². The Morgan fingerprint density at radius 2 is 2.09 bits per heavy atom. The Bertz CT molecular complexity index is 255. The quantitative estimate of drug-likeness (QED) is 0.363. The highest BCUT2D eigenvalue weighted by atomic mass is 16.7. The van der Waals surface area contributed by atoms with E-state index < -0.39 is 12.3 Å². The SMILES string of the molecule is C=C1C(=O)O[C@@H]2OC(=O)C[C@H]12. The van der Waals surface area contributed by atoms with E-state index in [0.29, 0.717) is 5.57 Å². The lowest BCUT2D eigenvalue weighted by Gasteiger charge is -2.02. The molecule has 11 heavy (non-hydrogen) atoms. The van der Waals surface area contributed by atoms with Gasteiger partial charge in [-0.2, -0.15) is 0 Å². The maximum atomic E-state index is 10.8. The molecule has 2 rings (SSSR count). The van der Waals surface area contributed by atoms with Crippen molar-refractivity contribution in [2.75, 3.05) is 0 Å². The summed E-state index contributed by atoms with van der Waals surface area (Å²) >= 11 is 0. The zero-order valence-corrected chi connectivity index (χ0v) is 5.70. The van der Waals surface area contributed by atoms with Gasteiger partial charge in [0.25, 0.3) is 6.29 Å². The van der Waals surface area contributed by atoms with Crippen molar-refractivity contribution in [2.24, 2.45) is 5.92 Å². The van der Waals surface area contributed by atoms with Gasteiger partial charge in [-0.3, -0.25) is 4.79 Å². The van der Waals surface area contributed by atoms with Crippen LogP contribution in [0, 0.1) is 5.92 Å². The summed E-state index contributed by atoms with van der Waals surface area (Å²) in [5, 5.41) is 0. The van der Waals surface area contributed by atoms with Crippen LogP contribution in [0.25, 0.3) is 0 Å². The van der Waals surface area contributed by atoms with E-state index in [1.54, 1.807) is 0 Å². The summed E-state index contributed by atoms with van der Waals surface area (Å²) in [6.45, 7) is 3.51. The van der Waals surface area contributed by atoms with Gasteiger partial charge in [-0.1, -0.05) is 6.58 Å². The summed E-state index contributed by atoms with van der Waals surface area (Å²) in [5.74, 6) is -1.02. The van der Waals surface area contributed by atoms with Crippen LogP contribution in [0.4, 0.5) is 0 Å². The molecule has 2 atom stereocenters. The van der Waals surface area contributed by atoms with Gasteiger partial charge in [0.2, 0.25) is 0 Å². The molecule has 4 heteroatoms. The van der Waals surface area contributed by atoms with Crippen LogP contribution in [0.3, 0.4) is 0 Å². The van der Waals surface area contributed by atoms with Gasteiger partial charge in [0, 0.05) is 5.57 Å². The molecular formula is C7H6O4. The van der Waals surface area contributed by atoms with Crippen molar-refractivity contribution < 1.29 is 19.1 Å². The predicted octanol–water partition coefficient (Wildman–Crippen LogP) is -0.0114. The van der Waals surface area contributed by atoms with E-state index in [4.69, 9.17) is 0 Å². The topological polar surface area (TPSA) is 52.6 Å². The summed E-state index contributed by atoms with van der Waals surface area (Å²) in [6, 6.07) is 0. The van der Waals surface area contributed by atoms with Crippen LogP contribution in [0.1, 0.15) is 6.42 Å². The zero-order valence-electron chi connectivity index (χ0n) is 5.70. The molecule has 0 unspecified atom stereocenters. The highest BCUT2D eigenvalue weighted by molar-refractivity contribution is 5.93. The third-order valence-corrected chi connectivity index (χ3v) is 1.90. The number of ether oxygens (including phenoxy) is 2. The molecular weight excluding hydrogens is 148 g/mol. The second kappa shape index (κ2) is 1.84. The van der Waals surface area contributed by atoms with Crippen molar-refractivity contribution in [3.8, 4) is 0 Å². The average Bonchev–Trinajstić information content (AvgIpc) is 2.37. The fourth-order valence-electron chi connectivity index (χ4n) is 1.26. The molecule has 0 spiro atoms. The van der Waals surface area contributed by atoms with E-state index in [1.165, 1.54) is 0 Å². The van der Waals surface area contributed by atoms with Crippen LogP contribution < -0.4 is 0 Å². The highest BCUT2D eigenvalue weighted by Gasteiger charge is 2.47. The maximum absolute atomic E-state index is 10.8. The number of rotatable bonds is 0. The first-order chi connectivity index (χ1) is 5.18. The normalized spacial score (nSPS) is 35.1. The van der Waals surface area contributed by atoms with Gasteiger partial charge in [0.15, 0.2) is 0 Å². The number of fused-ring (bicyclic) bond motifs is 1. The third-order valence-electron chi connectivity index (χ3n) is 1.90. The minimum Gasteiger partial charge on any atom is -0.424 e. The molecule has 58 valence electrons. The fourth-order valence-corrected chi connectivity index (χ4v) is 1.26. The fraction of sp³-hybridized carbons (Fsp3) is 0.429. The molecule has 2 saturated heterocycles. The van der Waals surface area contributed by atoms with E-state index >= 15 is 0 Å². The Labute approximate surface area is 62.8 Å². The Kier molecular flexibility index (Phi) is 1.07. The van der Waals surface area contributed by atoms with Crippen molar-refractivity contribution in [3.63, 3.8) is 0 Å². The number of carbonyl (C=O) groups is 2. The predicted molar refractivity (Wildman–Crippen MR) is 33.2 cm³/mol. The van der Waals surface area contributed by atoms with Crippen LogP contribution in [0.15, 0.2) is 12.2 Å². The minimum atomic E-state index is -0.692. The molecule has 0 aromatic carbocycles. The Morgan fingerprint density at radius 3 is 2.73 bits per heavy atom. The largest absolute Gasteiger partial charge is 0.424 e. The van der Waals surface area contributed by atoms with Crippen LogP contribution in [-0.4, -0.2) is 18.2 Å². The van der Waals surface area contributed by atoms with E-state index in [9.17, 15) is 9.59 Å². The van der Waals surface area contributed by atoms with Crippen molar-refractivity contribution in [2.45, 2.75) is 12.7 Å². The molecule has 0 radical (unpaired) electrons. The summed E-state index contributed by atoms with van der Waals surface area (Å²) < 4.78 is 9.37. The first-order valence-corrected chi connectivity index (χ1v) is 3.28. The summed E-state index contributed by atoms with van der Waals surface area (Å²) in [4.78, 5) is 21.4. The lowest BCUT2D eigenvalue weighted by Crippen LogP contribution is -2.11. The van der Waals surface area contributed by atoms with Crippen molar-refractivity contribution in [1.29, 1.82) is 0 Å². The van der Waals surface area contributed by atoms with Gasteiger partial charge >= 0.3 is 11.9 Å². The minimum absolute atomic E-state index is 0.218. The maximum Gasteiger partial charge on any atom is 0.337 e. The molecule has 0 saturated carbocycles. The van der Waals surface area contributed by atoms with Gasteiger partial charge in [-0.25, -0.2) is 4.79 Å². The molecule has 2 aliphatic heterocycles. The summed E-state index contributed by atoms with van der Waals surface area (Å²) in [5.41, 5.74) is 0.348. The summed E-state index contributed by atoms with van der Waals surface area (Å²) in [6.07, 6.45) is -0.475. The first kappa shape index (κ1) is 6.39. The van der Waals surface area contributed by atoms with Crippen molar-refractivity contribution in [3.05, 3.63) is 12.2 Å². The van der Waals surface area contributed by atoms with Crippen LogP contribution in [0.5, 0.6) is 0 Å². The smallest absolute Gasteiger partial charge is 0.337 e. The molecule has 2 fully saturated rings. The molecule has 0 bridgehead atoms. The van der Waals surface area contributed by atoms with E-state index in [0.717, 1.165) is 0 Å². The first-order valence-electron chi connectivity index (χ1n) is 3.28. The van der Waals surface area contributed by atoms with Crippen LogP contribution >= 0.6 is 0 Å². The monoisotopic (exact) mass is 154 g/mol. The number of carbonyl (C=O) groups excluding carboxylic acids is 2. The Balaban J connectivity index is 2.26. The van der Waals surface area contributed by atoms with Crippen LogP contribution in [-0.2, 0) is 19.1 Å². The van der Waals surface area contributed by atoms with E-state index in [-0.39, 0.29) is 18.3 Å². The van der Waals surface area contributed by atoms with Gasteiger partial charge in [0.1, 0.15) is 0 Å². The van der Waals surface area contributed by atoms with Gasteiger partial charge in [0.05, 0.1) is 12.3 Å². The molecule has 0 aliphatic carbocycles. The van der Waals surface area contributed by atoms with E-state index in [1.807, 2.05) is 0 Å². The molecule has 0 aromatic rings. The van der Waals surface area contributed by atoms with Gasteiger partial charge < -0.3 is 9.47 Å². The lowest BCUT2D eigenvalue weighted by molar-refractivity contribution is -0.168. The molecule has 0 aromatic heterocycles. The van der Waals surface area contributed by atoms with Gasteiger partial charge in [-0.15, -0.1) is 0 Å². The van der Waals surface area contributed by atoms with E-state index in [2.05, 4.69) is 16.1 Å². The van der Waals surface area contributed by atoms with Crippen LogP contribution in [0.2, 0.25) is 0 Å². The number of hydrogen-bond acceptors (Lipinski definition) is 4. The highest BCUT2D eigenvalue weighted by Crippen LogP contribution is 2.35. The zero-order chi connectivity index (χ0) is 8.01. The standard InChI is InChI=1S/C7H6O4/c1-3-4-2-5(8)10-7(4)11-6(3)9/h4,7H,1-2H2/t4-,7+/m1/s1. The molecule has 2 aliphatic rings. The second-order valence-corrected chi connectivity index (χ2v) is 2.60. The Morgan fingerprint density at radius 1 is 1.36 bits per heavy atom. The lowest BCUT2D eigenvalue weighted by atomic mass is 10.0. The molecule has 0 N–H and O–H groups in total. The third kappa shape index (κ3) is 0.753. The average molecular weight is 154 g/mol. The second-order valence-electron chi connectivity index (χ2n) is 2.60.